The van der Waals surface area contributed by atoms with Crippen LogP contribution >= 0.6 is 0 Å². The van der Waals surface area contributed by atoms with Gasteiger partial charge in [-0.2, -0.15) is 0 Å². The fourth-order valence-corrected chi connectivity index (χ4v) is 0.207. The van der Waals surface area contributed by atoms with Crippen LogP contribution in [0.25, 0.3) is 0 Å². The fraction of sp³-hybridized carbons (Fsp3) is 0.500. The Morgan fingerprint density at radius 2 is 2.29 bits per heavy atom. The monoisotopic (exact) mass is 101 g/mol. The van der Waals surface area contributed by atoms with Crippen LogP contribution in [0.3, 0.4) is 0 Å². The zero-order chi connectivity index (χ0) is 5.70. The van der Waals surface area contributed by atoms with Gasteiger partial charge in [0.25, 0.3) is 0 Å². The van der Waals surface area contributed by atoms with E-state index in [2.05, 4.69) is 5.43 Å². The smallest absolute Gasteiger partial charge is 0.0212 e. The summed E-state index contributed by atoms with van der Waals surface area (Å²) in [5, 5.41) is 0. The molecule has 3 heteroatoms. The third-order valence-corrected chi connectivity index (χ3v) is 0.496. The second-order valence-corrected chi connectivity index (χ2v) is 1.38. The summed E-state index contributed by atoms with van der Waals surface area (Å²) in [5.74, 6) is 4.88. The van der Waals surface area contributed by atoms with Crippen LogP contribution in [0.15, 0.2) is 12.3 Å². The normalized spacial score (nSPS) is 14.7. The molecule has 1 atom stereocenters. The minimum absolute atomic E-state index is 0.0797. The zero-order valence-electron chi connectivity index (χ0n) is 4.39. The average Bonchev–Trinajstić information content (AvgIpc) is 1.61. The topological polar surface area (TPSA) is 64.1 Å². The SMILES string of the molecule is CC(N)/C=C\NN. The summed E-state index contributed by atoms with van der Waals surface area (Å²) < 4.78 is 0. The lowest BCUT2D eigenvalue weighted by atomic mass is 10.4. The number of hydrogen-bond donors (Lipinski definition) is 3. The van der Waals surface area contributed by atoms with E-state index in [4.69, 9.17) is 11.6 Å². The molecule has 0 bridgehead atoms. The van der Waals surface area contributed by atoms with E-state index in [0.717, 1.165) is 0 Å². The third-order valence-electron chi connectivity index (χ3n) is 0.496. The Balaban J connectivity index is 3.08. The minimum atomic E-state index is 0.0797. The number of nitrogens with two attached hydrogens (primary N) is 2. The van der Waals surface area contributed by atoms with Crippen LogP contribution in [0.5, 0.6) is 0 Å². The van der Waals surface area contributed by atoms with E-state index in [9.17, 15) is 0 Å². The summed E-state index contributed by atoms with van der Waals surface area (Å²) in [6, 6.07) is 0.0797. The molecule has 0 amide bonds. The molecular formula is C4H11N3. The Morgan fingerprint density at radius 3 is 2.43 bits per heavy atom. The van der Waals surface area contributed by atoms with Crippen molar-refractivity contribution < 1.29 is 0 Å². The zero-order valence-corrected chi connectivity index (χ0v) is 4.39. The van der Waals surface area contributed by atoms with Crippen molar-refractivity contribution in [3.8, 4) is 0 Å². The maximum absolute atomic E-state index is 5.30. The van der Waals surface area contributed by atoms with Crippen molar-refractivity contribution in [2.45, 2.75) is 13.0 Å². The van der Waals surface area contributed by atoms with Gasteiger partial charge < -0.3 is 11.2 Å². The summed E-state index contributed by atoms with van der Waals surface area (Å²) in [7, 11) is 0. The van der Waals surface area contributed by atoms with Crippen molar-refractivity contribution >= 4 is 0 Å². The van der Waals surface area contributed by atoms with Gasteiger partial charge in [-0.05, 0) is 6.92 Å². The molecule has 1 unspecified atom stereocenters. The van der Waals surface area contributed by atoms with Crippen molar-refractivity contribution in [2.75, 3.05) is 0 Å². The van der Waals surface area contributed by atoms with Crippen molar-refractivity contribution in [1.29, 1.82) is 0 Å². The first-order valence-electron chi connectivity index (χ1n) is 2.15. The second kappa shape index (κ2) is 3.64. The highest BCUT2D eigenvalue weighted by Gasteiger charge is 1.77. The van der Waals surface area contributed by atoms with Crippen molar-refractivity contribution in [2.24, 2.45) is 11.6 Å². The molecule has 7 heavy (non-hydrogen) atoms. The van der Waals surface area contributed by atoms with Crippen LogP contribution in [-0.2, 0) is 0 Å². The molecule has 5 N–H and O–H groups in total. The fourth-order valence-electron chi connectivity index (χ4n) is 0.207. The molecule has 0 radical (unpaired) electrons. The van der Waals surface area contributed by atoms with Gasteiger partial charge in [0.05, 0.1) is 0 Å². The molecule has 0 rings (SSSR count). The molecule has 42 valence electrons. The maximum Gasteiger partial charge on any atom is 0.0212 e. The largest absolute Gasteiger partial charge is 0.332 e. The summed E-state index contributed by atoms with van der Waals surface area (Å²) >= 11 is 0. The van der Waals surface area contributed by atoms with Crippen LogP contribution in [0.4, 0.5) is 0 Å². The second-order valence-electron chi connectivity index (χ2n) is 1.38. The predicted molar refractivity (Wildman–Crippen MR) is 30.1 cm³/mol. The van der Waals surface area contributed by atoms with Gasteiger partial charge >= 0.3 is 0 Å². The molecule has 0 saturated heterocycles. The third kappa shape index (κ3) is 5.46. The van der Waals surface area contributed by atoms with Crippen LogP contribution in [0, 0.1) is 0 Å². The molecule has 0 spiro atoms. The highest BCUT2D eigenvalue weighted by molar-refractivity contribution is 4.85. The first-order valence-corrected chi connectivity index (χ1v) is 2.15. The van der Waals surface area contributed by atoms with Crippen molar-refractivity contribution in [3.05, 3.63) is 12.3 Å². The van der Waals surface area contributed by atoms with Crippen LogP contribution < -0.4 is 17.0 Å². The highest BCUT2D eigenvalue weighted by Crippen LogP contribution is 1.72. The Morgan fingerprint density at radius 1 is 1.71 bits per heavy atom. The standard InChI is InChI=1S/C4H11N3/c1-4(5)2-3-7-6/h2-4,7H,5-6H2,1H3/b3-2-. The van der Waals surface area contributed by atoms with Gasteiger partial charge in [0.15, 0.2) is 0 Å². The van der Waals surface area contributed by atoms with E-state index < -0.39 is 0 Å². The first-order chi connectivity index (χ1) is 3.27. The van der Waals surface area contributed by atoms with Gasteiger partial charge in [-0.25, -0.2) is 0 Å². The molecule has 0 aliphatic rings. The van der Waals surface area contributed by atoms with E-state index in [1.165, 1.54) is 0 Å². The van der Waals surface area contributed by atoms with E-state index in [1.807, 2.05) is 6.92 Å². The van der Waals surface area contributed by atoms with Crippen LogP contribution in [0.1, 0.15) is 6.92 Å². The molecule has 0 aromatic heterocycles. The lowest BCUT2D eigenvalue weighted by Crippen LogP contribution is -2.17. The number of rotatable bonds is 2. The lowest BCUT2D eigenvalue weighted by molar-refractivity contribution is 0.889. The lowest BCUT2D eigenvalue weighted by Gasteiger charge is -1.91. The van der Waals surface area contributed by atoms with Gasteiger partial charge in [0, 0.05) is 12.2 Å². The Labute approximate surface area is 43.3 Å². The molecular weight excluding hydrogens is 90.1 g/mol. The molecule has 0 aliphatic heterocycles. The van der Waals surface area contributed by atoms with E-state index in [0.29, 0.717) is 0 Å². The molecule has 0 aliphatic carbocycles. The van der Waals surface area contributed by atoms with Gasteiger partial charge in [-0.1, -0.05) is 6.08 Å². The van der Waals surface area contributed by atoms with Crippen LogP contribution in [0.2, 0.25) is 0 Å². The van der Waals surface area contributed by atoms with Crippen molar-refractivity contribution in [1.82, 2.24) is 5.43 Å². The molecule has 0 saturated carbocycles. The number of hydrazine groups is 1. The van der Waals surface area contributed by atoms with Crippen molar-refractivity contribution in [3.63, 3.8) is 0 Å². The summed E-state index contributed by atoms with van der Waals surface area (Å²) in [6.45, 7) is 1.87. The Hall–Kier alpha value is -0.540. The summed E-state index contributed by atoms with van der Waals surface area (Å²) in [5.41, 5.74) is 7.63. The van der Waals surface area contributed by atoms with Gasteiger partial charge in [0.2, 0.25) is 0 Å². The van der Waals surface area contributed by atoms with Crippen LogP contribution in [-0.4, -0.2) is 6.04 Å². The number of hydrogen-bond acceptors (Lipinski definition) is 3. The van der Waals surface area contributed by atoms with Gasteiger partial charge in [-0.3, -0.25) is 5.84 Å². The molecule has 3 nitrogen and oxygen atoms in total. The molecule has 0 aromatic carbocycles. The molecule has 0 aromatic rings. The minimum Gasteiger partial charge on any atom is -0.332 e. The number of nitrogens with one attached hydrogen (secondary N) is 1. The Kier molecular flexibility index (Phi) is 3.36. The Bertz CT molecular complexity index is 58.0. The molecule has 0 fully saturated rings. The van der Waals surface area contributed by atoms with E-state index in [1.54, 1.807) is 12.3 Å². The predicted octanol–water partition coefficient (Wildman–Crippen LogP) is -0.689. The molecule has 0 heterocycles. The highest BCUT2D eigenvalue weighted by atomic mass is 15.2. The summed E-state index contributed by atoms with van der Waals surface area (Å²) in [6.07, 6.45) is 3.37. The van der Waals surface area contributed by atoms with E-state index >= 15 is 0 Å². The summed E-state index contributed by atoms with van der Waals surface area (Å²) in [4.78, 5) is 0. The quantitative estimate of drug-likeness (QED) is 0.318. The first kappa shape index (κ1) is 6.46. The van der Waals surface area contributed by atoms with Gasteiger partial charge in [0.1, 0.15) is 0 Å². The van der Waals surface area contributed by atoms with E-state index in [-0.39, 0.29) is 6.04 Å². The maximum atomic E-state index is 5.30. The van der Waals surface area contributed by atoms with Gasteiger partial charge in [-0.15, -0.1) is 0 Å². The average molecular weight is 101 g/mol.